The molecule has 0 bridgehead atoms. The Morgan fingerprint density at radius 2 is 0.530 bits per heavy atom. The van der Waals surface area contributed by atoms with E-state index in [4.69, 9.17) is 37.0 Å². The lowest BCUT2D eigenvalue weighted by Crippen LogP contribution is -2.30. The number of hydrogen-bond acceptors (Lipinski definition) is 15. The Hall–Kier alpha value is -4.28. The van der Waals surface area contributed by atoms with E-state index in [2.05, 4.69) is 137 Å². The number of phosphoric ester groups is 2. The summed E-state index contributed by atoms with van der Waals surface area (Å²) in [6, 6.07) is 0. The molecule has 0 heterocycles. The van der Waals surface area contributed by atoms with Crippen LogP contribution in [0.15, 0.2) is 109 Å². The Morgan fingerprint density at radius 3 is 0.870 bits per heavy atom. The van der Waals surface area contributed by atoms with Gasteiger partial charge in [0.1, 0.15) is 19.3 Å². The van der Waals surface area contributed by atoms with Crippen molar-refractivity contribution in [2.45, 2.75) is 341 Å². The summed E-state index contributed by atoms with van der Waals surface area (Å²) < 4.78 is 68.4. The second-order valence-electron chi connectivity index (χ2n) is 25.9. The summed E-state index contributed by atoms with van der Waals surface area (Å²) in [6.45, 7) is 4.64. The molecule has 0 spiro atoms. The zero-order valence-corrected chi connectivity index (χ0v) is 64.6. The van der Waals surface area contributed by atoms with Crippen LogP contribution >= 0.6 is 15.6 Å². The number of aliphatic hydroxyl groups is 1. The van der Waals surface area contributed by atoms with Gasteiger partial charge in [-0.25, -0.2) is 9.13 Å². The number of aliphatic hydroxyl groups excluding tert-OH is 1. The third-order valence-electron chi connectivity index (χ3n) is 16.2. The molecule has 0 saturated carbocycles. The molecule has 5 atom stereocenters. The molecule has 0 amide bonds. The highest BCUT2D eigenvalue weighted by atomic mass is 31.2. The van der Waals surface area contributed by atoms with Crippen molar-refractivity contribution in [1.82, 2.24) is 0 Å². The standard InChI is InChI=1S/C81H140O17P2/c1-5-9-13-17-21-25-29-31-33-35-37-39-41-43-47-49-53-57-61-65-78(83)91-71-76(97-80(85)67-63-59-55-51-45-27-23-19-15-11-7-3)73-95-99(87,88)93-69-75(82)70-94-100(89,90)96-74-77(98-81(86)68-64-60-56-52-46-28-24-20-16-12-8-4)72-92-79(84)66-62-58-54-50-48-44-42-40-38-36-34-32-30-26-22-18-14-10-6-2/h9,13,20-22,24-26,31-34,37-40,43,47,75-77,82H,5-8,10-12,14-19,23,27-30,35-36,41-42,44-46,48-74H2,1-4H3,(H,87,88)(H,89,90)/b13-9-,24-20-,25-21-,26-22-,33-31-,34-32-,39-37-,40-38-,47-43-. The minimum atomic E-state index is -4.98. The van der Waals surface area contributed by atoms with Gasteiger partial charge >= 0.3 is 39.5 Å². The van der Waals surface area contributed by atoms with Gasteiger partial charge in [0.15, 0.2) is 12.2 Å². The van der Waals surface area contributed by atoms with Crippen LogP contribution in [0.3, 0.4) is 0 Å². The van der Waals surface area contributed by atoms with Gasteiger partial charge in [-0.15, -0.1) is 0 Å². The maximum absolute atomic E-state index is 13.1. The number of unbranched alkanes of at least 4 members (excludes halogenated alkanes) is 29. The van der Waals surface area contributed by atoms with Crippen LogP contribution in [0.4, 0.5) is 0 Å². The average molecular weight is 1450 g/mol. The molecule has 3 N–H and O–H groups in total. The molecule has 0 fully saturated rings. The fourth-order valence-electron chi connectivity index (χ4n) is 10.2. The van der Waals surface area contributed by atoms with Gasteiger partial charge in [-0.05, 0) is 128 Å². The lowest BCUT2D eigenvalue weighted by atomic mass is 10.1. The summed E-state index contributed by atoms with van der Waals surface area (Å²) >= 11 is 0. The molecular formula is C81H140O17P2. The first-order valence-electron chi connectivity index (χ1n) is 39.1. The molecular weight excluding hydrogens is 1310 g/mol. The lowest BCUT2D eigenvalue weighted by Gasteiger charge is -2.21. The fraction of sp³-hybridized carbons (Fsp3) is 0.728. The van der Waals surface area contributed by atoms with Crippen molar-refractivity contribution in [3.05, 3.63) is 109 Å². The van der Waals surface area contributed by atoms with Gasteiger partial charge in [-0.2, -0.15) is 0 Å². The molecule has 576 valence electrons. The van der Waals surface area contributed by atoms with Crippen molar-refractivity contribution in [2.24, 2.45) is 0 Å². The number of allylic oxidation sites excluding steroid dienone is 18. The summed E-state index contributed by atoms with van der Waals surface area (Å²) in [5.74, 6) is -2.22. The Balaban J connectivity index is 5.30. The topological polar surface area (TPSA) is 237 Å². The first-order valence-corrected chi connectivity index (χ1v) is 42.1. The first-order chi connectivity index (χ1) is 48.7. The van der Waals surface area contributed by atoms with Crippen LogP contribution in [0.2, 0.25) is 0 Å². The van der Waals surface area contributed by atoms with Gasteiger partial charge in [0, 0.05) is 25.7 Å². The number of carbonyl (C=O) groups is 4. The highest BCUT2D eigenvalue weighted by Gasteiger charge is 2.30. The molecule has 5 unspecified atom stereocenters. The van der Waals surface area contributed by atoms with Crippen molar-refractivity contribution in [1.29, 1.82) is 0 Å². The van der Waals surface area contributed by atoms with E-state index in [1.807, 2.05) is 0 Å². The van der Waals surface area contributed by atoms with Crippen molar-refractivity contribution < 1.29 is 80.2 Å². The number of hydrogen-bond donors (Lipinski definition) is 3. The molecule has 0 aliphatic heterocycles. The van der Waals surface area contributed by atoms with Crippen molar-refractivity contribution in [3.63, 3.8) is 0 Å². The number of ether oxygens (including phenoxy) is 4. The number of esters is 4. The summed E-state index contributed by atoms with van der Waals surface area (Å²) in [5.41, 5.74) is 0. The predicted molar refractivity (Wildman–Crippen MR) is 408 cm³/mol. The molecule has 0 rings (SSSR count). The molecule has 0 aromatic heterocycles. The summed E-state index contributed by atoms with van der Waals surface area (Å²) in [7, 11) is -9.96. The molecule has 100 heavy (non-hydrogen) atoms. The van der Waals surface area contributed by atoms with E-state index < -0.39 is 97.5 Å². The maximum atomic E-state index is 13.1. The maximum Gasteiger partial charge on any atom is 0.472 e. The summed E-state index contributed by atoms with van der Waals surface area (Å²) in [5, 5.41) is 10.6. The molecule has 17 nitrogen and oxygen atoms in total. The highest BCUT2D eigenvalue weighted by molar-refractivity contribution is 7.47. The van der Waals surface area contributed by atoms with E-state index >= 15 is 0 Å². The second-order valence-corrected chi connectivity index (χ2v) is 28.8. The van der Waals surface area contributed by atoms with Crippen LogP contribution in [0.1, 0.15) is 323 Å². The van der Waals surface area contributed by atoms with E-state index in [1.54, 1.807) is 0 Å². The van der Waals surface area contributed by atoms with Crippen LogP contribution in [0.5, 0.6) is 0 Å². The summed E-state index contributed by atoms with van der Waals surface area (Å²) in [4.78, 5) is 72.8. The number of carbonyl (C=O) groups excluding carboxylic acids is 4. The van der Waals surface area contributed by atoms with E-state index in [0.717, 1.165) is 173 Å². The number of rotatable bonds is 73. The van der Waals surface area contributed by atoms with E-state index in [0.29, 0.717) is 25.7 Å². The molecule has 0 aliphatic rings. The van der Waals surface area contributed by atoms with Crippen molar-refractivity contribution in [2.75, 3.05) is 39.6 Å². The molecule has 0 aliphatic carbocycles. The molecule has 0 radical (unpaired) electrons. The molecule has 19 heteroatoms. The Kier molecular flexibility index (Phi) is 69.9. The van der Waals surface area contributed by atoms with Gasteiger partial charge < -0.3 is 33.8 Å². The lowest BCUT2D eigenvalue weighted by molar-refractivity contribution is -0.161. The predicted octanol–water partition coefficient (Wildman–Crippen LogP) is 22.6. The zero-order chi connectivity index (χ0) is 73.2. The minimum Gasteiger partial charge on any atom is -0.462 e. The van der Waals surface area contributed by atoms with Gasteiger partial charge in [0.05, 0.1) is 26.4 Å². The molecule has 0 saturated heterocycles. The monoisotopic (exact) mass is 1450 g/mol. The minimum absolute atomic E-state index is 0.0807. The SMILES string of the molecule is CC/C=C\C/C=C\C/C=C\C/C=C\C/C=C\CCCCCC(=O)OCC(COP(=O)(O)OCC(O)COP(=O)(O)OCC(COC(=O)CCCCCCCC/C=C\C/C=C\C/C=C\CCCCC)OC(=O)CCCCCCC/C=C\CCCC)OC(=O)CCCCCCCCCCCCC. The highest BCUT2D eigenvalue weighted by Crippen LogP contribution is 2.45. The quantitative estimate of drug-likeness (QED) is 0.0169. The molecule has 0 aromatic rings. The molecule has 0 aromatic carbocycles. The van der Waals surface area contributed by atoms with Gasteiger partial charge in [-0.3, -0.25) is 37.3 Å². The van der Waals surface area contributed by atoms with Crippen molar-refractivity contribution in [3.8, 4) is 0 Å². The third-order valence-corrected chi connectivity index (χ3v) is 18.1. The van der Waals surface area contributed by atoms with Crippen molar-refractivity contribution >= 4 is 39.5 Å². The Labute approximate surface area is 607 Å². The van der Waals surface area contributed by atoms with Crippen LogP contribution in [0, 0.1) is 0 Å². The van der Waals surface area contributed by atoms with Crippen LogP contribution in [0.25, 0.3) is 0 Å². The van der Waals surface area contributed by atoms with Gasteiger partial charge in [0.2, 0.25) is 0 Å². The van der Waals surface area contributed by atoms with Crippen LogP contribution < -0.4 is 0 Å². The van der Waals surface area contributed by atoms with E-state index in [9.17, 15) is 43.2 Å². The van der Waals surface area contributed by atoms with Gasteiger partial charge in [0.25, 0.3) is 0 Å². The fourth-order valence-corrected chi connectivity index (χ4v) is 11.8. The van der Waals surface area contributed by atoms with E-state index in [1.165, 1.54) is 70.6 Å². The summed E-state index contributed by atoms with van der Waals surface area (Å²) in [6.07, 6.45) is 78.0. The largest absolute Gasteiger partial charge is 0.472 e. The second kappa shape index (κ2) is 73.0. The first kappa shape index (κ1) is 95.7. The number of phosphoric acid groups is 2. The van der Waals surface area contributed by atoms with Crippen LogP contribution in [-0.2, 0) is 65.4 Å². The smallest absolute Gasteiger partial charge is 0.462 e. The van der Waals surface area contributed by atoms with Gasteiger partial charge in [-0.1, -0.05) is 278 Å². The Morgan fingerprint density at radius 1 is 0.290 bits per heavy atom. The average Bonchev–Trinajstić information content (AvgIpc) is 0.953. The third kappa shape index (κ3) is 72.1. The normalized spacial score (nSPS) is 14.5. The van der Waals surface area contributed by atoms with Crippen LogP contribution in [-0.4, -0.2) is 96.7 Å². The Bertz CT molecular complexity index is 2320. The zero-order valence-electron chi connectivity index (χ0n) is 62.8. The van der Waals surface area contributed by atoms with E-state index in [-0.39, 0.29) is 25.7 Å².